The highest BCUT2D eigenvalue weighted by Crippen LogP contribution is 2.24. The van der Waals surface area contributed by atoms with Crippen molar-refractivity contribution in [2.24, 2.45) is 0 Å². The molecule has 0 atom stereocenters. The van der Waals surface area contributed by atoms with Gasteiger partial charge in [0.25, 0.3) is 5.91 Å². The van der Waals surface area contributed by atoms with Gasteiger partial charge in [0, 0.05) is 16.4 Å². The van der Waals surface area contributed by atoms with Crippen LogP contribution in [0.4, 0.5) is 5.69 Å². The van der Waals surface area contributed by atoms with Crippen LogP contribution in [0.2, 0.25) is 5.02 Å². The minimum Gasteiger partial charge on any atom is -0.457 e. The highest BCUT2D eigenvalue weighted by molar-refractivity contribution is 6.30. The molecule has 1 amide bonds. The predicted octanol–water partition coefficient (Wildman–Crippen LogP) is 6.21. The third kappa shape index (κ3) is 4.86. The van der Waals surface area contributed by atoms with Crippen LogP contribution in [-0.2, 0) is 0 Å². The third-order valence-electron chi connectivity index (χ3n) is 4.11. The molecule has 138 valence electrons. The summed E-state index contributed by atoms with van der Waals surface area (Å²) in [6.45, 7) is 6.01. The van der Waals surface area contributed by atoms with Gasteiger partial charge < -0.3 is 10.1 Å². The highest BCUT2D eigenvalue weighted by Gasteiger charge is 2.12. The normalized spacial score (nSPS) is 10.7. The van der Waals surface area contributed by atoms with E-state index in [0.717, 1.165) is 11.4 Å². The molecule has 27 heavy (non-hydrogen) atoms. The number of carbonyl (C=O) groups excluding carboxylic acids is 1. The molecule has 0 aliphatic heterocycles. The van der Waals surface area contributed by atoms with Crippen LogP contribution >= 0.6 is 11.6 Å². The summed E-state index contributed by atoms with van der Waals surface area (Å²) < 4.78 is 5.75. The molecule has 1 N–H and O–H groups in total. The summed E-state index contributed by atoms with van der Waals surface area (Å²) in [5.41, 5.74) is 2.96. The average Bonchev–Trinajstić information content (AvgIpc) is 2.65. The van der Waals surface area contributed by atoms with E-state index in [1.165, 1.54) is 0 Å². The highest BCUT2D eigenvalue weighted by atomic mass is 35.5. The number of hydrogen-bond acceptors (Lipinski definition) is 3. The van der Waals surface area contributed by atoms with Gasteiger partial charge >= 0.3 is 0 Å². The minimum atomic E-state index is -0.179. The molecule has 5 heteroatoms. The number of hydrogen-bond donors (Lipinski definition) is 1. The Balaban J connectivity index is 1.67. The van der Waals surface area contributed by atoms with Crippen molar-refractivity contribution in [2.45, 2.75) is 26.7 Å². The van der Waals surface area contributed by atoms with Crippen LogP contribution in [0.25, 0.3) is 0 Å². The van der Waals surface area contributed by atoms with E-state index in [4.69, 9.17) is 16.3 Å². The minimum absolute atomic E-state index is 0.179. The zero-order valence-electron chi connectivity index (χ0n) is 15.5. The number of ether oxygens (including phenoxy) is 1. The van der Waals surface area contributed by atoms with E-state index < -0.39 is 0 Å². The van der Waals surface area contributed by atoms with E-state index in [2.05, 4.69) is 24.1 Å². The Morgan fingerprint density at radius 2 is 1.56 bits per heavy atom. The molecule has 0 radical (unpaired) electrons. The Hall–Kier alpha value is -2.85. The molecule has 4 nitrogen and oxygen atoms in total. The molecule has 0 saturated heterocycles. The van der Waals surface area contributed by atoms with Gasteiger partial charge in [-0.15, -0.1) is 0 Å². The van der Waals surface area contributed by atoms with Crippen LogP contribution in [0.15, 0.2) is 60.7 Å². The number of carbonyl (C=O) groups is 1. The quantitative estimate of drug-likeness (QED) is 0.572. The van der Waals surface area contributed by atoms with Gasteiger partial charge in [-0.1, -0.05) is 25.4 Å². The van der Waals surface area contributed by atoms with Crippen LogP contribution < -0.4 is 10.1 Å². The van der Waals surface area contributed by atoms with Gasteiger partial charge in [0.2, 0.25) is 0 Å². The first kappa shape index (κ1) is 18.9. The maximum atomic E-state index is 12.5. The predicted molar refractivity (Wildman–Crippen MR) is 109 cm³/mol. The monoisotopic (exact) mass is 380 g/mol. The summed E-state index contributed by atoms with van der Waals surface area (Å²) in [7, 11) is 0. The van der Waals surface area contributed by atoms with Gasteiger partial charge in [0.1, 0.15) is 11.5 Å². The van der Waals surface area contributed by atoms with Crippen LogP contribution in [0.3, 0.4) is 0 Å². The van der Waals surface area contributed by atoms with Crippen molar-refractivity contribution in [1.82, 2.24) is 4.98 Å². The lowest BCUT2D eigenvalue weighted by atomic mass is 10.1. The Morgan fingerprint density at radius 1 is 0.963 bits per heavy atom. The zero-order valence-corrected chi connectivity index (χ0v) is 16.2. The summed E-state index contributed by atoms with van der Waals surface area (Å²) in [5.74, 6) is 1.52. The maximum absolute atomic E-state index is 12.5. The fourth-order valence-electron chi connectivity index (χ4n) is 2.59. The standard InChI is InChI=1S/C22H21ClN2O2/c1-14(2)21-13-12-20(15(3)24-21)22(26)25-17-6-10-19(11-7-17)27-18-8-4-16(23)5-9-18/h4-14H,1-3H3,(H,25,26). The summed E-state index contributed by atoms with van der Waals surface area (Å²) in [5, 5.41) is 3.55. The first-order chi connectivity index (χ1) is 12.9. The fourth-order valence-corrected chi connectivity index (χ4v) is 2.71. The zero-order chi connectivity index (χ0) is 19.4. The smallest absolute Gasteiger partial charge is 0.257 e. The van der Waals surface area contributed by atoms with E-state index in [1.54, 1.807) is 48.5 Å². The number of benzene rings is 2. The SMILES string of the molecule is Cc1nc(C(C)C)ccc1C(=O)Nc1ccc(Oc2ccc(Cl)cc2)cc1. The molecule has 0 aliphatic rings. The summed E-state index contributed by atoms with van der Waals surface area (Å²) in [6.07, 6.45) is 0. The number of aryl methyl sites for hydroxylation is 1. The van der Waals surface area contributed by atoms with Gasteiger partial charge in [-0.2, -0.15) is 0 Å². The van der Waals surface area contributed by atoms with Crippen LogP contribution in [0, 0.1) is 6.92 Å². The van der Waals surface area contributed by atoms with Crippen LogP contribution in [-0.4, -0.2) is 10.9 Å². The van der Waals surface area contributed by atoms with Gasteiger partial charge in [0.05, 0.1) is 11.3 Å². The number of amides is 1. The fraction of sp³-hybridized carbons (Fsp3) is 0.182. The molecular formula is C22H21ClN2O2. The van der Waals surface area contributed by atoms with Crippen LogP contribution in [0.5, 0.6) is 11.5 Å². The van der Waals surface area contributed by atoms with Crippen molar-refractivity contribution in [3.8, 4) is 11.5 Å². The van der Waals surface area contributed by atoms with E-state index in [0.29, 0.717) is 33.7 Å². The molecule has 0 saturated carbocycles. The average molecular weight is 381 g/mol. The Labute approximate surface area is 164 Å². The topological polar surface area (TPSA) is 51.2 Å². The van der Waals surface area contributed by atoms with E-state index >= 15 is 0 Å². The molecule has 0 aliphatic carbocycles. The van der Waals surface area contributed by atoms with Gasteiger partial charge in [-0.05, 0) is 73.5 Å². The van der Waals surface area contributed by atoms with Gasteiger partial charge in [0.15, 0.2) is 0 Å². The largest absolute Gasteiger partial charge is 0.457 e. The molecule has 0 unspecified atom stereocenters. The number of halogens is 1. The van der Waals surface area contributed by atoms with Crippen molar-refractivity contribution < 1.29 is 9.53 Å². The Kier molecular flexibility index (Phi) is 5.77. The summed E-state index contributed by atoms with van der Waals surface area (Å²) >= 11 is 5.87. The molecule has 1 heterocycles. The van der Waals surface area contributed by atoms with Crippen molar-refractivity contribution in [2.75, 3.05) is 5.32 Å². The summed E-state index contributed by atoms with van der Waals surface area (Å²) in [4.78, 5) is 17.0. The molecule has 3 rings (SSSR count). The molecule has 0 spiro atoms. The van der Waals surface area contributed by atoms with Gasteiger partial charge in [-0.25, -0.2) is 0 Å². The lowest BCUT2D eigenvalue weighted by molar-refractivity contribution is 0.102. The molecular weight excluding hydrogens is 360 g/mol. The van der Waals surface area contributed by atoms with Crippen molar-refractivity contribution in [3.63, 3.8) is 0 Å². The first-order valence-corrected chi connectivity index (χ1v) is 9.12. The Morgan fingerprint density at radius 3 is 2.11 bits per heavy atom. The number of nitrogens with zero attached hydrogens (tertiary/aromatic N) is 1. The van der Waals surface area contributed by atoms with Crippen LogP contribution in [0.1, 0.15) is 41.5 Å². The molecule has 1 aromatic heterocycles. The third-order valence-corrected chi connectivity index (χ3v) is 4.36. The molecule has 0 bridgehead atoms. The van der Waals surface area contributed by atoms with Gasteiger partial charge in [-0.3, -0.25) is 9.78 Å². The van der Waals surface area contributed by atoms with Crippen molar-refractivity contribution >= 4 is 23.2 Å². The second-order valence-electron chi connectivity index (χ2n) is 6.56. The Bertz CT molecular complexity index is 936. The number of aromatic nitrogens is 1. The van der Waals surface area contributed by atoms with E-state index in [-0.39, 0.29) is 5.91 Å². The first-order valence-electron chi connectivity index (χ1n) is 8.75. The van der Waals surface area contributed by atoms with E-state index in [1.807, 2.05) is 19.1 Å². The lowest BCUT2D eigenvalue weighted by Gasteiger charge is -2.11. The number of rotatable bonds is 5. The second-order valence-corrected chi connectivity index (χ2v) is 6.99. The van der Waals surface area contributed by atoms with E-state index in [9.17, 15) is 4.79 Å². The molecule has 2 aromatic carbocycles. The van der Waals surface area contributed by atoms with Crippen molar-refractivity contribution in [1.29, 1.82) is 0 Å². The van der Waals surface area contributed by atoms with Crippen molar-refractivity contribution in [3.05, 3.63) is 82.6 Å². The second kappa shape index (κ2) is 8.23. The summed E-state index contributed by atoms with van der Waals surface area (Å²) in [6, 6.07) is 18.1. The number of pyridine rings is 1. The number of anilines is 1. The number of nitrogens with one attached hydrogen (secondary N) is 1. The molecule has 3 aromatic rings. The maximum Gasteiger partial charge on any atom is 0.257 e. The molecule has 0 fully saturated rings. The lowest BCUT2D eigenvalue weighted by Crippen LogP contribution is -2.14.